The van der Waals surface area contributed by atoms with Gasteiger partial charge in [-0.3, -0.25) is 0 Å². The summed E-state index contributed by atoms with van der Waals surface area (Å²) in [6, 6.07) is 55.0. The lowest BCUT2D eigenvalue weighted by Gasteiger charge is -2.30. The molecule has 0 aliphatic heterocycles. The van der Waals surface area contributed by atoms with E-state index in [9.17, 15) is 5.26 Å². The highest BCUT2D eigenvalue weighted by Gasteiger charge is 2.57. The summed E-state index contributed by atoms with van der Waals surface area (Å²) >= 11 is 0. The van der Waals surface area contributed by atoms with Crippen molar-refractivity contribution in [3.05, 3.63) is 173 Å². The number of hydrogen-bond donors (Lipinski definition) is 0. The fourth-order valence-corrected chi connectivity index (χ4v) is 8.33. The van der Waals surface area contributed by atoms with Gasteiger partial charge in [0.2, 0.25) is 0 Å². The van der Waals surface area contributed by atoms with Crippen LogP contribution in [-0.4, -0.2) is 0 Å². The molecule has 0 N–H and O–H groups in total. The third-order valence-electron chi connectivity index (χ3n) is 9.99. The first kappa shape index (κ1) is 23.6. The van der Waals surface area contributed by atoms with Crippen molar-refractivity contribution in [3.8, 4) is 39.4 Å². The van der Waals surface area contributed by atoms with Crippen LogP contribution in [0.4, 0.5) is 17.1 Å². The first-order chi connectivity index (χ1) is 21.8. The molecule has 10 rings (SSSR count). The SMILES string of the molecule is N#Cc1ccc(N(c2ccc3c(c2)C24c5ccccc5-c5cccc(c52)-c2cccc-3c24)c2ccc3ccccc3c2)cc1. The van der Waals surface area contributed by atoms with E-state index in [1.54, 1.807) is 0 Å². The second-order valence-electron chi connectivity index (χ2n) is 12.0. The molecular weight excluding hydrogens is 532 g/mol. The molecule has 0 amide bonds. The van der Waals surface area contributed by atoms with Gasteiger partial charge in [-0.1, -0.05) is 97.1 Å². The van der Waals surface area contributed by atoms with Crippen molar-refractivity contribution < 1.29 is 0 Å². The van der Waals surface area contributed by atoms with E-state index in [1.807, 2.05) is 12.1 Å². The minimum Gasteiger partial charge on any atom is -0.310 e. The second kappa shape index (κ2) is 8.34. The lowest BCUT2D eigenvalue weighted by atomic mass is 9.73. The van der Waals surface area contributed by atoms with Crippen molar-refractivity contribution in [2.24, 2.45) is 0 Å². The number of benzene rings is 7. The van der Waals surface area contributed by atoms with Gasteiger partial charge in [0.05, 0.1) is 17.0 Å². The van der Waals surface area contributed by atoms with Crippen molar-refractivity contribution in [2.75, 3.05) is 4.90 Å². The Balaban J connectivity index is 1.27. The van der Waals surface area contributed by atoms with E-state index in [0.717, 1.165) is 17.1 Å². The molecule has 3 aliphatic rings. The average molecular weight is 557 g/mol. The van der Waals surface area contributed by atoms with Gasteiger partial charge in [0.15, 0.2) is 0 Å². The van der Waals surface area contributed by atoms with Crippen LogP contribution in [-0.2, 0) is 5.41 Å². The van der Waals surface area contributed by atoms with Crippen LogP contribution < -0.4 is 4.90 Å². The highest BCUT2D eigenvalue weighted by Crippen LogP contribution is 2.70. The van der Waals surface area contributed by atoms with Crippen LogP contribution >= 0.6 is 0 Å². The van der Waals surface area contributed by atoms with Gasteiger partial charge < -0.3 is 4.90 Å². The molecule has 7 aromatic rings. The van der Waals surface area contributed by atoms with Crippen LogP contribution in [0.25, 0.3) is 44.2 Å². The Morgan fingerprint density at radius 3 is 1.70 bits per heavy atom. The monoisotopic (exact) mass is 556 g/mol. The zero-order valence-corrected chi connectivity index (χ0v) is 23.8. The van der Waals surface area contributed by atoms with Crippen LogP contribution in [0, 0.1) is 11.3 Å². The molecule has 0 bridgehead atoms. The summed E-state index contributed by atoms with van der Waals surface area (Å²) in [5.41, 5.74) is 17.1. The molecule has 0 radical (unpaired) electrons. The standard InChI is InChI=1S/C42H24N2/c43-25-26-15-18-29(19-16-26)44(30-20-17-27-7-1-2-8-28(27)23-30)31-21-22-33-35-11-6-13-37-36-12-5-10-34-32-9-3-4-14-38(32)42(40(34)36,41(35)37)39(33)24-31/h1-24H. The summed E-state index contributed by atoms with van der Waals surface area (Å²) in [7, 11) is 0. The maximum absolute atomic E-state index is 9.53. The van der Waals surface area contributed by atoms with Gasteiger partial charge in [0.25, 0.3) is 0 Å². The van der Waals surface area contributed by atoms with Crippen molar-refractivity contribution in [1.82, 2.24) is 0 Å². The molecule has 0 heterocycles. The normalized spacial score (nSPS) is 15.8. The molecule has 7 aromatic carbocycles. The third-order valence-corrected chi connectivity index (χ3v) is 9.99. The van der Waals surface area contributed by atoms with Gasteiger partial charge in [-0.2, -0.15) is 5.26 Å². The van der Waals surface area contributed by atoms with Crippen LogP contribution in [0.1, 0.15) is 27.8 Å². The van der Waals surface area contributed by atoms with Crippen LogP contribution in [0.15, 0.2) is 146 Å². The maximum Gasteiger partial charge on any atom is 0.0991 e. The Morgan fingerprint density at radius 2 is 0.977 bits per heavy atom. The van der Waals surface area contributed by atoms with Crippen LogP contribution in [0.3, 0.4) is 0 Å². The third kappa shape index (κ3) is 2.80. The molecule has 44 heavy (non-hydrogen) atoms. The molecule has 1 spiro atoms. The number of anilines is 3. The topological polar surface area (TPSA) is 27.0 Å². The number of fused-ring (bicyclic) bond motifs is 6. The van der Waals surface area contributed by atoms with Crippen molar-refractivity contribution in [1.29, 1.82) is 5.26 Å². The Morgan fingerprint density at radius 1 is 0.432 bits per heavy atom. The first-order valence-corrected chi connectivity index (χ1v) is 15.1. The Bertz CT molecular complexity index is 2370. The van der Waals surface area contributed by atoms with Crippen LogP contribution in [0.2, 0.25) is 0 Å². The molecule has 1 unspecified atom stereocenters. The molecular formula is C42H24N2. The molecule has 1 atom stereocenters. The summed E-state index contributed by atoms with van der Waals surface area (Å²) < 4.78 is 0. The minimum absolute atomic E-state index is 0.334. The predicted molar refractivity (Wildman–Crippen MR) is 179 cm³/mol. The van der Waals surface area contributed by atoms with E-state index in [2.05, 4.69) is 144 Å². The quantitative estimate of drug-likeness (QED) is 0.216. The second-order valence-corrected chi connectivity index (χ2v) is 12.0. The number of nitrogens with zero attached hydrogens (tertiary/aromatic N) is 2. The highest BCUT2D eigenvalue weighted by atomic mass is 15.1. The van der Waals surface area contributed by atoms with Crippen molar-refractivity contribution in [2.45, 2.75) is 5.41 Å². The molecule has 2 nitrogen and oxygen atoms in total. The fourth-order valence-electron chi connectivity index (χ4n) is 8.33. The molecule has 202 valence electrons. The van der Waals surface area contributed by atoms with Gasteiger partial charge in [-0.25, -0.2) is 0 Å². The van der Waals surface area contributed by atoms with Gasteiger partial charge in [-0.05, 0) is 115 Å². The average Bonchev–Trinajstić information content (AvgIpc) is 3.68. The Labute approximate surface area is 255 Å². The van der Waals surface area contributed by atoms with E-state index < -0.39 is 0 Å². The summed E-state index contributed by atoms with van der Waals surface area (Å²) in [5, 5.41) is 11.9. The summed E-state index contributed by atoms with van der Waals surface area (Å²) in [6.07, 6.45) is 0. The molecule has 0 aromatic heterocycles. The lowest BCUT2D eigenvalue weighted by Crippen LogP contribution is -2.23. The minimum atomic E-state index is -0.334. The molecule has 2 heteroatoms. The number of hydrogen-bond acceptors (Lipinski definition) is 2. The van der Waals surface area contributed by atoms with Gasteiger partial charge >= 0.3 is 0 Å². The number of rotatable bonds is 3. The summed E-state index contributed by atoms with van der Waals surface area (Å²) in [6.45, 7) is 0. The van der Waals surface area contributed by atoms with Crippen LogP contribution in [0.5, 0.6) is 0 Å². The van der Waals surface area contributed by atoms with E-state index in [1.165, 1.54) is 66.4 Å². The largest absolute Gasteiger partial charge is 0.310 e. The van der Waals surface area contributed by atoms with E-state index in [0.29, 0.717) is 5.56 Å². The van der Waals surface area contributed by atoms with Gasteiger partial charge in [-0.15, -0.1) is 0 Å². The molecule has 0 fully saturated rings. The zero-order chi connectivity index (χ0) is 29.0. The Hall–Kier alpha value is -5.91. The zero-order valence-electron chi connectivity index (χ0n) is 23.8. The summed E-state index contributed by atoms with van der Waals surface area (Å²) in [4.78, 5) is 2.33. The number of nitriles is 1. The highest BCUT2D eigenvalue weighted by molar-refractivity contribution is 6.06. The lowest BCUT2D eigenvalue weighted by molar-refractivity contribution is 0.818. The summed E-state index contributed by atoms with van der Waals surface area (Å²) in [5.74, 6) is 0. The fraction of sp³-hybridized carbons (Fsp3) is 0.0238. The smallest absolute Gasteiger partial charge is 0.0991 e. The van der Waals surface area contributed by atoms with Gasteiger partial charge in [0, 0.05) is 17.1 Å². The molecule has 0 saturated heterocycles. The van der Waals surface area contributed by atoms with Crippen molar-refractivity contribution in [3.63, 3.8) is 0 Å². The van der Waals surface area contributed by atoms with E-state index in [-0.39, 0.29) is 5.41 Å². The van der Waals surface area contributed by atoms with E-state index >= 15 is 0 Å². The van der Waals surface area contributed by atoms with E-state index in [4.69, 9.17) is 0 Å². The molecule has 0 saturated carbocycles. The van der Waals surface area contributed by atoms with Crippen molar-refractivity contribution >= 4 is 27.8 Å². The molecule has 3 aliphatic carbocycles. The first-order valence-electron chi connectivity index (χ1n) is 15.1. The Kier molecular flexibility index (Phi) is 4.48. The van der Waals surface area contributed by atoms with Gasteiger partial charge in [0.1, 0.15) is 0 Å². The predicted octanol–water partition coefficient (Wildman–Crippen LogP) is 10.5. The maximum atomic E-state index is 9.53.